The van der Waals surface area contributed by atoms with Crippen molar-refractivity contribution in [1.29, 1.82) is 0 Å². The van der Waals surface area contributed by atoms with Crippen molar-refractivity contribution >= 4 is 22.7 Å². The van der Waals surface area contributed by atoms with E-state index in [0.717, 1.165) is 5.56 Å². The van der Waals surface area contributed by atoms with E-state index in [1.54, 1.807) is 13.0 Å². The van der Waals surface area contributed by atoms with Gasteiger partial charge in [-0.1, -0.05) is 6.07 Å². The zero-order valence-corrected chi connectivity index (χ0v) is 9.34. The first kappa shape index (κ1) is 11.1. The van der Waals surface area contributed by atoms with Crippen LogP contribution >= 0.6 is 0 Å². The number of methoxy groups -OCH3 is 1. The predicted octanol–water partition coefficient (Wildman–Crippen LogP) is 2.47. The number of hydrogen-bond donors (Lipinski definition) is 0. The van der Waals surface area contributed by atoms with Crippen molar-refractivity contribution in [1.82, 2.24) is 4.57 Å². The number of hydrogen-bond acceptors (Lipinski definition) is 4. The van der Waals surface area contributed by atoms with E-state index in [9.17, 15) is 14.9 Å². The molecular formula is C11H10N2O4. The van der Waals surface area contributed by atoms with Crippen LogP contribution in [0.4, 0.5) is 10.5 Å². The Bertz CT molecular complexity index is 615. The van der Waals surface area contributed by atoms with E-state index in [-0.39, 0.29) is 5.69 Å². The van der Waals surface area contributed by atoms with Gasteiger partial charge in [-0.2, -0.15) is 0 Å². The lowest BCUT2D eigenvalue weighted by atomic mass is 10.1. The normalized spacial score (nSPS) is 10.5. The quantitative estimate of drug-likeness (QED) is 0.561. The van der Waals surface area contributed by atoms with Gasteiger partial charge < -0.3 is 4.74 Å². The largest absolute Gasteiger partial charge is 0.452 e. The maximum atomic E-state index is 11.5. The first-order valence-electron chi connectivity index (χ1n) is 4.89. The average Bonchev–Trinajstić information content (AvgIpc) is 2.73. The van der Waals surface area contributed by atoms with Gasteiger partial charge in [0.1, 0.15) is 0 Å². The Hall–Kier alpha value is -2.37. The summed E-state index contributed by atoms with van der Waals surface area (Å²) in [5, 5.41) is 11.3. The molecule has 17 heavy (non-hydrogen) atoms. The predicted molar refractivity (Wildman–Crippen MR) is 61.1 cm³/mol. The number of aromatic nitrogens is 1. The Labute approximate surface area is 96.6 Å². The number of nitrogens with zero attached hydrogens (tertiary/aromatic N) is 2. The summed E-state index contributed by atoms with van der Waals surface area (Å²) in [5.74, 6) is 0. The molecule has 0 radical (unpaired) electrons. The second-order valence-corrected chi connectivity index (χ2v) is 3.58. The van der Waals surface area contributed by atoms with Crippen LogP contribution < -0.4 is 0 Å². The first-order chi connectivity index (χ1) is 8.06. The number of benzene rings is 1. The SMILES string of the molecule is COC(=O)n1ccc2c([N+](=O)[O-])ccc(C)c21. The summed E-state index contributed by atoms with van der Waals surface area (Å²) in [6.45, 7) is 1.78. The van der Waals surface area contributed by atoms with Gasteiger partial charge in [-0.3, -0.25) is 14.7 Å². The van der Waals surface area contributed by atoms with Gasteiger partial charge in [0.15, 0.2) is 0 Å². The lowest BCUT2D eigenvalue weighted by Crippen LogP contribution is -2.10. The zero-order chi connectivity index (χ0) is 12.6. The molecule has 2 rings (SSSR count). The fraction of sp³-hybridized carbons (Fsp3) is 0.182. The molecule has 0 bridgehead atoms. The van der Waals surface area contributed by atoms with Crippen molar-refractivity contribution in [3.8, 4) is 0 Å². The third-order valence-corrected chi connectivity index (χ3v) is 2.59. The van der Waals surface area contributed by atoms with Gasteiger partial charge in [0.25, 0.3) is 5.69 Å². The highest BCUT2D eigenvalue weighted by molar-refractivity contribution is 5.96. The van der Waals surface area contributed by atoms with Crippen molar-refractivity contribution in [3.05, 3.63) is 40.1 Å². The third kappa shape index (κ3) is 1.63. The Balaban J connectivity index is 2.80. The molecule has 0 aliphatic carbocycles. The summed E-state index contributed by atoms with van der Waals surface area (Å²) < 4.78 is 5.87. The van der Waals surface area contributed by atoms with Crippen LogP contribution in [-0.2, 0) is 4.74 Å². The summed E-state index contributed by atoms with van der Waals surface area (Å²) in [4.78, 5) is 21.9. The Morgan fingerprint density at radius 3 is 2.71 bits per heavy atom. The molecule has 1 aromatic heterocycles. The van der Waals surface area contributed by atoms with E-state index in [2.05, 4.69) is 4.74 Å². The molecule has 1 aromatic carbocycles. The smallest absolute Gasteiger partial charge is 0.418 e. The standard InChI is InChI=1S/C11H10N2O4/c1-7-3-4-9(13(15)16)8-5-6-12(10(7)8)11(14)17-2/h3-6H,1-2H3. The van der Waals surface area contributed by atoms with E-state index < -0.39 is 11.0 Å². The highest BCUT2D eigenvalue weighted by Gasteiger charge is 2.18. The number of aryl methyl sites for hydroxylation is 1. The van der Waals surface area contributed by atoms with Crippen LogP contribution in [0.25, 0.3) is 10.9 Å². The van der Waals surface area contributed by atoms with Crippen LogP contribution in [0.5, 0.6) is 0 Å². The minimum Gasteiger partial charge on any atom is -0.452 e. The van der Waals surface area contributed by atoms with Crippen molar-refractivity contribution in [2.75, 3.05) is 7.11 Å². The summed E-state index contributed by atoms with van der Waals surface area (Å²) in [5.41, 5.74) is 1.26. The number of nitro groups is 1. The molecule has 0 unspecified atom stereocenters. The number of nitro benzene ring substituents is 1. The molecule has 0 amide bonds. The molecule has 1 heterocycles. The minimum absolute atomic E-state index is 0.0201. The summed E-state index contributed by atoms with van der Waals surface area (Å²) in [7, 11) is 1.26. The number of non-ortho nitro benzene ring substituents is 1. The van der Waals surface area contributed by atoms with Crippen LogP contribution in [0, 0.1) is 17.0 Å². The van der Waals surface area contributed by atoms with E-state index in [1.165, 1.54) is 30.0 Å². The minimum atomic E-state index is -0.566. The van der Waals surface area contributed by atoms with Crippen molar-refractivity contribution in [3.63, 3.8) is 0 Å². The van der Waals surface area contributed by atoms with Gasteiger partial charge >= 0.3 is 6.09 Å². The fourth-order valence-electron chi connectivity index (χ4n) is 1.82. The molecule has 0 spiro atoms. The highest BCUT2D eigenvalue weighted by Crippen LogP contribution is 2.29. The van der Waals surface area contributed by atoms with Crippen LogP contribution in [0.1, 0.15) is 5.56 Å². The highest BCUT2D eigenvalue weighted by atomic mass is 16.6. The Morgan fingerprint density at radius 1 is 1.41 bits per heavy atom. The summed E-state index contributed by atoms with van der Waals surface area (Å²) in [6, 6.07) is 4.58. The molecule has 0 aliphatic rings. The molecule has 0 N–H and O–H groups in total. The monoisotopic (exact) mass is 234 g/mol. The Morgan fingerprint density at radius 2 is 2.12 bits per heavy atom. The van der Waals surface area contributed by atoms with Crippen LogP contribution in [0.3, 0.4) is 0 Å². The van der Waals surface area contributed by atoms with Crippen molar-refractivity contribution < 1.29 is 14.5 Å². The van der Waals surface area contributed by atoms with Crippen LogP contribution in [-0.4, -0.2) is 22.7 Å². The number of rotatable bonds is 1. The fourth-order valence-corrected chi connectivity index (χ4v) is 1.82. The number of carbonyl (C=O) groups excluding carboxylic acids is 1. The lowest BCUT2D eigenvalue weighted by Gasteiger charge is -2.04. The lowest BCUT2D eigenvalue weighted by molar-refractivity contribution is -0.383. The van der Waals surface area contributed by atoms with E-state index >= 15 is 0 Å². The first-order valence-corrected chi connectivity index (χ1v) is 4.89. The topological polar surface area (TPSA) is 74.4 Å². The number of carbonyl (C=O) groups is 1. The number of ether oxygens (including phenoxy) is 1. The zero-order valence-electron chi connectivity index (χ0n) is 9.34. The van der Waals surface area contributed by atoms with Crippen molar-refractivity contribution in [2.45, 2.75) is 6.92 Å². The average molecular weight is 234 g/mol. The van der Waals surface area contributed by atoms with Gasteiger partial charge in [0.2, 0.25) is 0 Å². The van der Waals surface area contributed by atoms with Gasteiger partial charge in [-0.05, 0) is 18.6 Å². The van der Waals surface area contributed by atoms with Gasteiger partial charge in [-0.15, -0.1) is 0 Å². The maximum Gasteiger partial charge on any atom is 0.418 e. The Kier molecular flexibility index (Phi) is 2.55. The summed E-state index contributed by atoms with van der Waals surface area (Å²) >= 11 is 0. The van der Waals surface area contributed by atoms with Crippen LogP contribution in [0.15, 0.2) is 24.4 Å². The van der Waals surface area contributed by atoms with Gasteiger partial charge in [-0.25, -0.2) is 4.79 Å². The second-order valence-electron chi connectivity index (χ2n) is 3.58. The molecule has 6 nitrogen and oxygen atoms in total. The third-order valence-electron chi connectivity index (χ3n) is 2.59. The molecule has 0 fully saturated rings. The molecule has 88 valence electrons. The van der Waals surface area contributed by atoms with Crippen molar-refractivity contribution in [2.24, 2.45) is 0 Å². The van der Waals surface area contributed by atoms with E-state index in [4.69, 9.17) is 0 Å². The number of fused-ring (bicyclic) bond motifs is 1. The van der Waals surface area contributed by atoms with Gasteiger partial charge in [0, 0.05) is 12.3 Å². The second kappa shape index (κ2) is 3.89. The molecule has 0 saturated heterocycles. The van der Waals surface area contributed by atoms with Crippen LogP contribution in [0.2, 0.25) is 0 Å². The van der Waals surface area contributed by atoms with E-state index in [0.29, 0.717) is 10.9 Å². The molecular weight excluding hydrogens is 224 g/mol. The maximum absolute atomic E-state index is 11.5. The summed E-state index contributed by atoms with van der Waals surface area (Å²) in [6.07, 6.45) is 0.903. The molecule has 0 atom stereocenters. The molecule has 0 aliphatic heterocycles. The molecule has 2 aromatic rings. The molecule has 6 heteroatoms. The van der Waals surface area contributed by atoms with Gasteiger partial charge in [0.05, 0.1) is 22.9 Å². The molecule has 0 saturated carbocycles. The van der Waals surface area contributed by atoms with E-state index in [1.807, 2.05) is 0 Å².